The molecule has 1 aromatic rings. The summed E-state index contributed by atoms with van der Waals surface area (Å²) in [5.41, 5.74) is 1.04. The molecule has 3 rings (SSSR count). The van der Waals surface area contributed by atoms with Crippen LogP contribution in [-0.2, 0) is 17.8 Å². The van der Waals surface area contributed by atoms with Gasteiger partial charge < -0.3 is 9.47 Å². The number of amides is 1. The van der Waals surface area contributed by atoms with Gasteiger partial charge in [-0.3, -0.25) is 4.79 Å². The second kappa shape index (κ2) is 6.34. The maximum atomic E-state index is 12.8. The number of rotatable bonds is 5. The van der Waals surface area contributed by atoms with Crippen molar-refractivity contribution in [1.82, 2.24) is 14.5 Å². The van der Waals surface area contributed by atoms with E-state index in [1.54, 1.807) is 6.20 Å². The summed E-state index contributed by atoms with van der Waals surface area (Å²) in [4.78, 5) is 18.4. The second-order valence-electron chi connectivity index (χ2n) is 6.57. The number of halogens is 2. The summed E-state index contributed by atoms with van der Waals surface area (Å²) in [7, 11) is 0. The predicted octanol–water partition coefficient (Wildman–Crippen LogP) is 2.65. The number of alkyl halides is 2. The Hall–Kier alpha value is -1.46. The molecule has 0 N–H and O–H groups in total. The molecule has 0 aromatic carbocycles. The Bertz CT molecular complexity index is 539. The van der Waals surface area contributed by atoms with E-state index in [2.05, 4.69) is 9.55 Å². The van der Waals surface area contributed by atoms with Gasteiger partial charge in [-0.1, -0.05) is 6.42 Å². The van der Waals surface area contributed by atoms with E-state index in [1.165, 1.54) is 4.90 Å². The quantitative estimate of drug-likeness (QED) is 0.838. The summed E-state index contributed by atoms with van der Waals surface area (Å²) in [6.45, 7) is 2.77. The zero-order valence-electron chi connectivity index (χ0n) is 13.0. The van der Waals surface area contributed by atoms with Crippen LogP contribution < -0.4 is 0 Å². The van der Waals surface area contributed by atoms with Crippen LogP contribution in [0.3, 0.4) is 0 Å². The molecule has 1 aromatic heterocycles. The number of carbonyl (C=O) groups excluding carboxylic acids is 1. The zero-order chi connectivity index (χ0) is 15.7. The van der Waals surface area contributed by atoms with Crippen molar-refractivity contribution in [3.8, 4) is 0 Å². The monoisotopic (exact) mass is 311 g/mol. The van der Waals surface area contributed by atoms with Crippen molar-refractivity contribution in [1.29, 1.82) is 0 Å². The van der Waals surface area contributed by atoms with Crippen molar-refractivity contribution >= 4 is 5.91 Å². The maximum Gasteiger partial charge on any atom is 0.255 e. The Kier molecular flexibility index (Phi) is 4.45. The van der Waals surface area contributed by atoms with Crippen molar-refractivity contribution < 1.29 is 13.6 Å². The predicted molar refractivity (Wildman–Crippen MR) is 78.7 cm³/mol. The third-order valence-corrected chi connectivity index (χ3v) is 5.02. The molecule has 122 valence electrons. The van der Waals surface area contributed by atoms with Crippen LogP contribution in [0.5, 0.6) is 0 Å². The van der Waals surface area contributed by atoms with E-state index in [4.69, 9.17) is 0 Å². The molecule has 0 saturated heterocycles. The van der Waals surface area contributed by atoms with Crippen LogP contribution in [0.1, 0.15) is 37.2 Å². The average Bonchev–Trinajstić information content (AvgIpc) is 2.81. The van der Waals surface area contributed by atoms with Crippen LogP contribution in [-0.4, -0.2) is 39.9 Å². The van der Waals surface area contributed by atoms with Gasteiger partial charge in [-0.15, -0.1) is 0 Å². The number of fused-ring (bicyclic) bond motifs is 1. The maximum absolute atomic E-state index is 12.8. The minimum absolute atomic E-state index is 0.0997. The van der Waals surface area contributed by atoms with E-state index in [0.717, 1.165) is 37.3 Å². The van der Waals surface area contributed by atoms with E-state index in [1.807, 2.05) is 6.92 Å². The van der Waals surface area contributed by atoms with Crippen LogP contribution in [0.2, 0.25) is 0 Å². The number of carbonyl (C=O) groups is 1. The van der Waals surface area contributed by atoms with Crippen molar-refractivity contribution in [2.24, 2.45) is 11.8 Å². The normalized spacial score (nSPS) is 21.5. The Morgan fingerprint density at radius 3 is 2.86 bits per heavy atom. The molecule has 0 bridgehead atoms. The van der Waals surface area contributed by atoms with Gasteiger partial charge in [0.15, 0.2) is 0 Å². The van der Waals surface area contributed by atoms with E-state index < -0.39 is 13.0 Å². The molecule has 2 aliphatic rings. The summed E-state index contributed by atoms with van der Waals surface area (Å²) < 4.78 is 27.8. The van der Waals surface area contributed by atoms with Gasteiger partial charge in [0.1, 0.15) is 5.82 Å². The lowest BCUT2D eigenvalue weighted by molar-refractivity contribution is -0.139. The van der Waals surface area contributed by atoms with Crippen LogP contribution in [0.4, 0.5) is 8.78 Å². The van der Waals surface area contributed by atoms with Crippen LogP contribution >= 0.6 is 0 Å². The first-order valence-electron chi connectivity index (χ1n) is 8.12. The van der Waals surface area contributed by atoms with Gasteiger partial charge in [-0.05, 0) is 32.1 Å². The molecule has 1 amide bonds. The van der Waals surface area contributed by atoms with Gasteiger partial charge in [-0.2, -0.15) is 0 Å². The molecule has 1 atom stereocenters. The highest BCUT2D eigenvalue weighted by molar-refractivity contribution is 5.79. The highest BCUT2D eigenvalue weighted by atomic mass is 19.3. The number of aryl methyl sites for hydroxylation is 1. The van der Waals surface area contributed by atoms with Crippen LogP contribution in [0, 0.1) is 18.8 Å². The molecule has 1 aliphatic heterocycles. The minimum atomic E-state index is -2.46. The molecule has 0 radical (unpaired) electrons. The Labute approximate surface area is 129 Å². The summed E-state index contributed by atoms with van der Waals surface area (Å²) >= 11 is 0. The smallest absolute Gasteiger partial charge is 0.255 e. The third-order valence-electron chi connectivity index (χ3n) is 5.02. The van der Waals surface area contributed by atoms with Gasteiger partial charge in [-0.25, -0.2) is 13.8 Å². The summed E-state index contributed by atoms with van der Waals surface area (Å²) in [6.07, 6.45) is 3.95. The van der Waals surface area contributed by atoms with Crippen molar-refractivity contribution in [3.63, 3.8) is 0 Å². The first-order valence-corrected chi connectivity index (χ1v) is 8.12. The van der Waals surface area contributed by atoms with Crippen LogP contribution in [0.15, 0.2) is 6.20 Å². The third kappa shape index (κ3) is 3.15. The van der Waals surface area contributed by atoms with Crippen molar-refractivity contribution in [2.45, 2.75) is 52.0 Å². The highest BCUT2D eigenvalue weighted by Crippen LogP contribution is 2.29. The van der Waals surface area contributed by atoms with Gasteiger partial charge in [0.2, 0.25) is 5.91 Å². The average molecular weight is 311 g/mol. The standard InChI is InChI=1S/C16H23F2N3O/c1-11-19-8-14-7-13(5-6-21(11)14)16(22)20(10-15(17)18)9-12-3-2-4-12/h8,12-13,15H,2-7,9-10H2,1H3. The largest absolute Gasteiger partial charge is 0.336 e. The lowest BCUT2D eigenvalue weighted by atomic mass is 9.84. The zero-order valence-corrected chi connectivity index (χ0v) is 13.0. The van der Waals surface area contributed by atoms with Gasteiger partial charge in [0.25, 0.3) is 6.43 Å². The van der Waals surface area contributed by atoms with E-state index in [0.29, 0.717) is 25.3 Å². The first-order chi connectivity index (χ1) is 10.5. The fourth-order valence-electron chi connectivity index (χ4n) is 3.50. The molecule has 2 heterocycles. The van der Waals surface area contributed by atoms with Crippen molar-refractivity contribution in [3.05, 3.63) is 17.7 Å². The Morgan fingerprint density at radius 1 is 1.45 bits per heavy atom. The number of hydrogen-bond donors (Lipinski definition) is 0. The van der Waals surface area contributed by atoms with E-state index in [9.17, 15) is 13.6 Å². The molecule has 6 heteroatoms. The lowest BCUT2D eigenvalue weighted by Crippen LogP contribution is -2.44. The molecule has 1 unspecified atom stereocenters. The SMILES string of the molecule is Cc1ncc2n1CCC(C(=O)N(CC(F)F)CC1CCC1)C2. The highest BCUT2D eigenvalue weighted by Gasteiger charge is 2.32. The molecular formula is C16H23F2N3O. The Balaban J connectivity index is 1.67. The molecule has 22 heavy (non-hydrogen) atoms. The summed E-state index contributed by atoms with van der Waals surface area (Å²) in [6, 6.07) is 0. The lowest BCUT2D eigenvalue weighted by Gasteiger charge is -2.35. The molecule has 4 nitrogen and oxygen atoms in total. The number of imidazole rings is 1. The molecule has 1 fully saturated rings. The fraction of sp³-hybridized carbons (Fsp3) is 0.750. The number of nitrogens with zero attached hydrogens (tertiary/aromatic N) is 3. The number of aromatic nitrogens is 2. The number of hydrogen-bond acceptors (Lipinski definition) is 2. The topological polar surface area (TPSA) is 38.1 Å². The molecule has 1 saturated carbocycles. The second-order valence-corrected chi connectivity index (χ2v) is 6.57. The summed E-state index contributed by atoms with van der Waals surface area (Å²) in [5, 5.41) is 0. The Morgan fingerprint density at radius 2 is 2.23 bits per heavy atom. The minimum Gasteiger partial charge on any atom is -0.336 e. The van der Waals surface area contributed by atoms with Crippen molar-refractivity contribution in [2.75, 3.05) is 13.1 Å². The first kappa shape index (κ1) is 15.4. The van der Waals surface area contributed by atoms with Crippen LogP contribution in [0.25, 0.3) is 0 Å². The van der Waals surface area contributed by atoms with E-state index >= 15 is 0 Å². The van der Waals surface area contributed by atoms with E-state index in [-0.39, 0.29) is 11.8 Å². The molecule has 1 aliphatic carbocycles. The van der Waals surface area contributed by atoms with Gasteiger partial charge in [0, 0.05) is 37.3 Å². The fourth-order valence-corrected chi connectivity index (χ4v) is 3.50. The van der Waals surface area contributed by atoms with Gasteiger partial charge >= 0.3 is 0 Å². The molecule has 0 spiro atoms. The summed E-state index contributed by atoms with van der Waals surface area (Å²) in [5.74, 6) is 1.10. The van der Waals surface area contributed by atoms with Gasteiger partial charge in [0.05, 0.1) is 6.54 Å². The molecular weight excluding hydrogens is 288 g/mol.